The van der Waals surface area contributed by atoms with E-state index in [0.717, 1.165) is 17.1 Å². The van der Waals surface area contributed by atoms with Gasteiger partial charge in [-0.2, -0.15) is 5.09 Å². The molecule has 0 saturated carbocycles. The average Bonchev–Trinajstić information content (AvgIpc) is 3.12. The van der Waals surface area contributed by atoms with E-state index in [1.54, 1.807) is 37.3 Å². The number of aromatic nitrogens is 2. The van der Waals surface area contributed by atoms with Crippen molar-refractivity contribution >= 4 is 13.7 Å². The molecular weight excluding hydrogens is 493 g/mol. The van der Waals surface area contributed by atoms with Crippen LogP contribution in [0.3, 0.4) is 0 Å². The summed E-state index contributed by atoms with van der Waals surface area (Å²) >= 11 is 0. The predicted molar refractivity (Wildman–Crippen MR) is 129 cm³/mol. The van der Waals surface area contributed by atoms with E-state index in [9.17, 15) is 24.1 Å². The van der Waals surface area contributed by atoms with Gasteiger partial charge in [0.1, 0.15) is 17.9 Å². The molecule has 0 bridgehead atoms. The van der Waals surface area contributed by atoms with Gasteiger partial charge in [-0.05, 0) is 25.5 Å². The van der Waals surface area contributed by atoms with Crippen LogP contribution in [0.1, 0.15) is 39.8 Å². The Labute approximate surface area is 208 Å². The van der Waals surface area contributed by atoms with E-state index in [0.29, 0.717) is 6.42 Å². The first-order valence-corrected chi connectivity index (χ1v) is 13.3. The highest BCUT2D eigenvalue weighted by atomic mass is 31.2. The first kappa shape index (κ1) is 27.8. The largest absolute Gasteiger partial charge is 0.465 e. The SMILES string of the molecule is CCCCOC(=O)[C@@H](C)NP(=O)(OC[C@H]1O[C@@H](n2ccc(=O)[nH]c2=O)[C@H](O)[C@@H]1C)Oc1ccccc1. The Morgan fingerprint density at radius 1 is 1.28 bits per heavy atom. The number of benzene rings is 1. The highest BCUT2D eigenvalue weighted by Gasteiger charge is 2.44. The Balaban J connectivity index is 1.72. The van der Waals surface area contributed by atoms with Crippen LogP contribution in [0.5, 0.6) is 5.75 Å². The van der Waals surface area contributed by atoms with Crippen LogP contribution < -0.4 is 20.9 Å². The number of H-pyrrole nitrogens is 1. The van der Waals surface area contributed by atoms with Crippen molar-refractivity contribution in [1.82, 2.24) is 14.6 Å². The molecule has 2 aromatic rings. The molecule has 6 atom stereocenters. The zero-order chi connectivity index (χ0) is 26.3. The van der Waals surface area contributed by atoms with E-state index >= 15 is 0 Å². The van der Waals surface area contributed by atoms with Gasteiger partial charge in [0.25, 0.3) is 5.56 Å². The van der Waals surface area contributed by atoms with E-state index in [2.05, 4.69) is 10.1 Å². The van der Waals surface area contributed by atoms with Gasteiger partial charge < -0.3 is 19.1 Å². The number of hydrogen-bond donors (Lipinski definition) is 3. The molecule has 1 aromatic carbocycles. The Hall–Kier alpha value is -2.76. The monoisotopic (exact) mass is 525 g/mol. The zero-order valence-corrected chi connectivity index (χ0v) is 21.3. The fourth-order valence-corrected chi connectivity index (χ4v) is 5.03. The number of rotatable bonds is 12. The molecule has 1 aliphatic rings. The zero-order valence-electron chi connectivity index (χ0n) is 20.4. The molecule has 13 heteroatoms. The summed E-state index contributed by atoms with van der Waals surface area (Å²) in [6, 6.07) is 8.43. The normalized spacial score (nSPS) is 24.1. The molecule has 1 saturated heterocycles. The molecule has 0 amide bonds. The van der Waals surface area contributed by atoms with Crippen molar-refractivity contribution < 1.29 is 33.0 Å². The molecule has 2 heterocycles. The molecule has 0 aliphatic carbocycles. The number of ether oxygens (including phenoxy) is 2. The van der Waals surface area contributed by atoms with E-state index in [1.807, 2.05) is 6.92 Å². The number of aromatic amines is 1. The minimum absolute atomic E-state index is 0.239. The summed E-state index contributed by atoms with van der Waals surface area (Å²) in [7, 11) is -4.13. The molecule has 3 N–H and O–H groups in total. The van der Waals surface area contributed by atoms with Crippen molar-refractivity contribution in [1.29, 1.82) is 0 Å². The fourth-order valence-electron chi connectivity index (χ4n) is 3.53. The van der Waals surface area contributed by atoms with Gasteiger partial charge in [-0.3, -0.25) is 23.7 Å². The Bertz CT molecular complexity index is 1170. The standard InChI is InChI=1S/C23H32N3O9P/c1-4-5-13-32-22(29)16(3)25-36(31,35-17-9-7-6-8-10-17)33-14-18-15(2)20(28)21(34-18)26-12-11-19(27)24-23(26)30/h6-12,15-16,18,20-21,28H,4-5,13-14H2,1-3H3,(H,25,31)(H,24,27,30)/t15-,16-,18-,20-,21-,36?/m1/s1. The second-order valence-corrected chi connectivity index (χ2v) is 10.2. The lowest BCUT2D eigenvalue weighted by Gasteiger charge is -2.24. The van der Waals surface area contributed by atoms with Gasteiger partial charge >= 0.3 is 19.4 Å². The summed E-state index contributed by atoms with van der Waals surface area (Å²) in [5, 5.41) is 13.3. The lowest BCUT2D eigenvalue weighted by Crippen LogP contribution is -2.36. The van der Waals surface area contributed by atoms with Crippen molar-refractivity contribution in [2.45, 2.75) is 58.1 Å². The highest BCUT2D eigenvalue weighted by Crippen LogP contribution is 2.46. The molecule has 1 aliphatic heterocycles. The van der Waals surface area contributed by atoms with Crippen LogP contribution in [-0.4, -0.2) is 52.1 Å². The molecule has 1 unspecified atom stereocenters. The molecule has 3 rings (SSSR count). The van der Waals surface area contributed by atoms with Gasteiger partial charge in [0.05, 0.1) is 19.3 Å². The maximum atomic E-state index is 13.6. The van der Waals surface area contributed by atoms with Crippen molar-refractivity contribution in [3.63, 3.8) is 0 Å². The number of hydrogen-bond acceptors (Lipinski definition) is 9. The summed E-state index contributed by atoms with van der Waals surface area (Å²) in [6.07, 6.45) is -0.214. The van der Waals surface area contributed by atoms with Crippen LogP contribution in [0.15, 0.2) is 52.2 Å². The van der Waals surface area contributed by atoms with E-state index in [4.69, 9.17) is 18.5 Å². The van der Waals surface area contributed by atoms with Gasteiger partial charge in [0, 0.05) is 18.2 Å². The molecule has 0 spiro atoms. The van der Waals surface area contributed by atoms with Crippen molar-refractivity contribution in [3.8, 4) is 5.75 Å². The lowest BCUT2D eigenvalue weighted by molar-refractivity contribution is -0.145. The smallest absolute Gasteiger partial charge is 0.459 e. The van der Waals surface area contributed by atoms with Crippen LogP contribution in [0, 0.1) is 5.92 Å². The third kappa shape index (κ3) is 7.14. The minimum atomic E-state index is -4.13. The van der Waals surface area contributed by atoms with E-state index in [1.165, 1.54) is 13.1 Å². The number of para-hydroxylation sites is 1. The van der Waals surface area contributed by atoms with Crippen LogP contribution >= 0.6 is 7.75 Å². The predicted octanol–water partition coefficient (Wildman–Crippen LogP) is 1.96. The number of esters is 1. The van der Waals surface area contributed by atoms with Gasteiger partial charge in [-0.1, -0.05) is 38.5 Å². The summed E-state index contributed by atoms with van der Waals surface area (Å²) in [6.45, 7) is 5.08. The van der Waals surface area contributed by atoms with Crippen LogP contribution in [0.25, 0.3) is 0 Å². The minimum Gasteiger partial charge on any atom is -0.465 e. The van der Waals surface area contributed by atoms with Crippen LogP contribution in [0.2, 0.25) is 0 Å². The van der Waals surface area contributed by atoms with E-state index < -0.39 is 55.4 Å². The van der Waals surface area contributed by atoms with Crippen molar-refractivity contribution in [3.05, 3.63) is 63.4 Å². The number of aliphatic hydroxyl groups is 1. The van der Waals surface area contributed by atoms with Gasteiger partial charge in [-0.15, -0.1) is 0 Å². The molecule has 1 fully saturated rings. The number of nitrogens with zero attached hydrogens (tertiary/aromatic N) is 1. The number of unbranched alkanes of at least 4 members (excludes halogenated alkanes) is 1. The average molecular weight is 525 g/mol. The maximum Gasteiger partial charge on any atom is 0.459 e. The number of carbonyl (C=O) groups excluding carboxylic acids is 1. The Kier molecular flexibility index (Phi) is 9.63. The number of nitrogens with one attached hydrogen (secondary N) is 2. The highest BCUT2D eigenvalue weighted by molar-refractivity contribution is 7.52. The third-order valence-corrected chi connectivity index (χ3v) is 7.33. The Morgan fingerprint density at radius 3 is 2.67 bits per heavy atom. The molecule has 1 aromatic heterocycles. The Morgan fingerprint density at radius 2 is 2.00 bits per heavy atom. The van der Waals surface area contributed by atoms with E-state index in [-0.39, 0.29) is 19.0 Å². The third-order valence-electron chi connectivity index (χ3n) is 5.68. The topological polar surface area (TPSA) is 158 Å². The van der Waals surface area contributed by atoms with Crippen LogP contribution in [0.4, 0.5) is 0 Å². The second kappa shape index (κ2) is 12.5. The number of aliphatic hydroxyl groups excluding tert-OH is 1. The molecule has 198 valence electrons. The molecule has 0 radical (unpaired) electrons. The van der Waals surface area contributed by atoms with Gasteiger partial charge in [0.15, 0.2) is 6.23 Å². The maximum absolute atomic E-state index is 13.6. The van der Waals surface area contributed by atoms with Crippen molar-refractivity contribution in [2.24, 2.45) is 5.92 Å². The second-order valence-electron chi connectivity index (χ2n) is 8.50. The lowest BCUT2D eigenvalue weighted by atomic mass is 10.0. The first-order valence-electron chi connectivity index (χ1n) is 11.7. The van der Waals surface area contributed by atoms with Gasteiger partial charge in [0.2, 0.25) is 0 Å². The quantitative estimate of drug-likeness (QED) is 0.212. The molecule has 12 nitrogen and oxygen atoms in total. The summed E-state index contributed by atoms with van der Waals surface area (Å²) < 4.78 is 37.0. The molecular formula is C23H32N3O9P. The summed E-state index contributed by atoms with van der Waals surface area (Å²) in [5.41, 5.74) is -1.32. The summed E-state index contributed by atoms with van der Waals surface area (Å²) in [4.78, 5) is 38.0. The fraction of sp³-hybridized carbons (Fsp3) is 0.522. The van der Waals surface area contributed by atoms with Crippen LogP contribution in [-0.2, 0) is 23.4 Å². The summed E-state index contributed by atoms with van der Waals surface area (Å²) in [5.74, 6) is -0.893. The number of carbonyl (C=O) groups is 1. The van der Waals surface area contributed by atoms with Gasteiger partial charge in [-0.25, -0.2) is 9.36 Å². The van der Waals surface area contributed by atoms with Crippen molar-refractivity contribution in [2.75, 3.05) is 13.2 Å². The first-order chi connectivity index (χ1) is 17.1. The molecule has 36 heavy (non-hydrogen) atoms.